The minimum absolute atomic E-state index is 0.000302. The fourth-order valence-electron chi connectivity index (χ4n) is 4.03. The zero-order valence-electron chi connectivity index (χ0n) is 16.5. The lowest BCUT2D eigenvalue weighted by Crippen LogP contribution is -2.54. The molecule has 8 nitrogen and oxygen atoms in total. The van der Waals surface area contributed by atoms with Crippen LogP contribution >= 0.6 is 15.9 Å². The number of halogens is 1. The van der Waals surface area contributed by atoms with Gasteiger partial charge in [0.2, 0.25) is 11.5 Å². The topological polar surface area (TPSA) is 111 Å². The van der Waals surface area contributed by atoms with Gasteiger partial charge in [-0.3, -0.25) is 9.78 Å². The van der Waals surface area contributed by atoms with Gasteiger partial charge in [-0.05, 0) is 36.5 Å². The number of anilines is 1. The Morgan fingerprint density at radius 3 is 2.86 bits per heavy atom. The van der Waals surface area contributed by atoms with E-state index in [1.165, 1.54) is 4.90 Å². The van der Waals surface area contributed by atoms with E-state index in [2.05, 4.69) is 31.2 Å². The number of furan rings is 1. The number of nitrogens with one attached hydrogen (secondary N) is 2. The number of carboxylic acid groups (broad SMARTS) is 1. The molecule has 1 aromatic carbocycles. The Morgan fingerprint density at radius 1 is 1.41 bits per heavy atom. The number of nitrogens with zero attached hydrogens (tertiary/aromatic N) is 2. The van der Waals surface area contributed by atoms with Gasteiger partial charge in [-0.15, -0.1) is 0 Å². The van der Waals surface area contributed by atoms with Gasteiger partial charge in [-0.1, -0.05) is 36.7 Å². The van der Waals surface area contributed by atoms with E-state index in [0.717, 1.165) is 9.86 Å². The van der Waals surface area contributed by atoms with E-state index >= 15 is 0 Å². The highest BCUT2D eigenvalue weighted by molar-refractivity contribution is 9.10. The first-order chi connectivity index (χ1) is 13.6. The molecule has 154 valence electrons. The van der Waals surface area contributed by atoms with Crippen LogP contribution in [-0.4, -0.2) is 44.7 Å². The van der Waals surface area contributed by atoms with Crippen LogP contribution in [-0.2, 0) is 0 Å². The maximum Gasteiger partial charge on any atom is 0.407 e. The number of aromatic nitrogens is 2. The van der Waals surface area contributed by atoms with Gasteiger partial charge in [0, 0.05) is 28.5 Å². The lowest BCUT2D eigenvalue weighted by atomic mass is 9.79. The molecule has 3 aromatic rings. The van der Waals surface area contributed by atoms with E-state index in [-0.39, 0.29) is 28.6 Å². The monoisotopic (exact) mass is 462 g/mol. The van der Waals surface area contributed by atoms with Crippen molar-refractivity contribution in [1.82, 2.24) is 14.9 Å². The molecule has 2 atom stereocenters. The van der Waals surface area contributed by atoms with E-state index < -0.39 is 6.09 Å². The average Bonchev–Trinajstić information content (AvgIpc) is 2.99. The minimum atomic E-state index is -0.897. The molecule has 0 spiro atoms. The molecule has 2 aromatic heterocycles. The number of likely N-dealkylation sites (tertiary alicyclic amines) is 1. The number of hydrogen-bond acceptors (Lipinski definition) is 5. The summed E-state index contributed by atoms with van der Waals surface area (Å²) < 4.78 is 6.53. The van der Waals surface area contributed by atoms with Crippen LogP contribution in [0.4, 0.5) is 10.7 Å². The number of rotatable bonds is 2. The highest BCUT2D eigenvalue weighted by Crippen LogP contribution is 2.33. The first kappa shape index (κ1) is 19.8. The number of aromatic amines is 1. The Kier molecular flexibility index (Phi) is 4.80. The zero-order valence-corrected chi connectivity index (χ0v) is 18.0. The van der Waals surface area contributed by atoms with Crippen molar-refractivity contribution in [3.63, 3.8) is 0 Å². The number of piperidine rings is 1. The predicted octanol–water partition coefficient (Wildman–Crippen LogP) is 4.40. The summed E-state index contributed by atoms with van der Waals surface area (Å²) in [6.07, 6.45) is 0.375. The van der Waals surface area contributed by atoms with Crippen LogP contribution in [0.2, 0.25) is 0 Å². The smallest absolute Gasteiger partial charge is 0.407 e. The standard InChI is InChI=1S/C20H23BrN4O4/c1-20(2,3)14-9-11(6-7-25(14)19(27)28)22-18-23-15-12-8-10(21)4-5-13(12)29-16(15)17(26)24-18/h4-5,8,11,14H,6-7,9H2,1-3H3,(H,27,28)(H2,22,23,24,26). The molecule has 0 radical (unpaired) electrons. The summed E-state index contributed by atoms with van der Waals surface area (Å²) in [5.74, 6) is 0.367. The fraction of sp³-hybridized carbons (Fsp3) is 0.450. The zero-order chi connectivity index (χ0) is 20.9. The third-order valence-corrected chi connectivity index (χ3v) is 5.97. The van der Waals surface area contributed by atoms with Crippen LogP contribution < -0.4 is 10.9 Å². The highest BCUT2D eigenvalue weighted by Gasteiger charge is 2.38. The summed E-state index contributed by atoms with van der Waals surface area (Å²) in [4.78, 5) is 33.0. The van der Waals surface area contributed by atoms with Crippen molar-refractivity contribution in [2.45, 2.75) is 45.7 Å². The van der Waals surface area contributed by atoms with Crippen molar-refractivity contribution in [2.24, 2.45) is 5.41 Å². The molecule has 3 heterocycles. The number of benzene rings is 1. The fourth-order valence-corrected chi connectivity index (χ4v) is 4.40. The third-order valence-electron chi connectivity index (χ3n) is 5.47. The first-order valence-corrected chi connectivity index (χ1v) is 10.3. The Balaban J connectivity index is 1.66. The van der Waals surface area contributed by atoms with Crippen LogP contribution in [0.3, 0.4) is 0 Å². The Labute approximate surface area is 175 Å². The SMILES string of the molecule is CC(C)(C)C1CC(Nc2nc3c(oc4ccc(Br)cc43)c(=O)[nH]2)CCN1C(=O)O. The molecular weight excluding hydrogens is 440 g/mol. The lowest BCUT2D eigenvalue weighted by Gasteiger charge is -2.44. The van der Waals surface area contributed by atoms with Gasteiger partial charge < -0.3 is 19.7 Å². The van der Waals surface area contributed by atoms with E-state index in [1.807, 2.05) is 32.9 Å². The van der Waals surface area contributed by atoms with Gasteiger partial charge in [0.25, 0.3) is 5.56 Å². The molecule has 1 fully saturated rings. The second kappa shape index (κ2) is 7.05. The van der Waals surface area contributed by atoms with Crippen molar-refractivity contribution in [3.8, 4) is 0 Å². The second-order valence-corrected chi connectivity index (χ2v) is 9.47. The quantitative estimate of drug-likeness (QED) is 0.520. The number of hydrogen-bond donors (Lipinski definition) is 3. The molecule has 1 amide bonds. The summed E-state index contributed by atoms with van der Waals surface area (Å²) in [7, 11) is 0. The molecule has 1 aliphatic rings. The number of H-pyrrole nitrogens is 1. The van der Waals surface area contributed by atoms with Gasteiger partial charge in [-0.2, -0.15) is 0 Å². The van der Waals surface area contributed by atoms with Gasteiger partial charge in [0.15, 0.2) is 0 Å². The minimum Gasteiger partial charge on any atom is -0.465 e. The molecule has 1 saturated heterocycles. The van der Waals surface area contributed by atoms with Gasteiger partial charge in [-0.25, -0.2) is 9.78 Å². The van der Waals surface area contributed by atoms with Gasteiger partial charge >= 0.3 is 6.09 Å². The van der Waals surface area contributed by atoms with Crippen LogP contribution in [0.15, 0.2) is 31.9 Å². The molecule has 0 bridgehead atoms. The van der Waals surface area contributed by atoms with Crippen molar-refractivity contribution in [2.75, 3.05) is 11.9 Å². The van der Waals surface area contributed by atoms with Crippen LogP contribution in [0.5, 0.6) is 0 Å². The van der Waals surface area contributed by atoms with Gasteiger partial charge in [0.05, 0.1) is 0 Å². The molecule has 29 heavy (non-hydrogen) atoms. The maximum absolute atomic E-state index is 12.5. The second-order valence-electron chi connectivity index (χ2n) is 8.56. The van der Waals surface area contributed by atoms with E-state index in [1.54, 1.807) is 6.07 Å². The van der Waals surface area contributed by atoms with Crippen LogP contribution in [0, 0.1) is 5.41 Å². The van der Waals surface area contributed by atoms with Crippen molar-refractivity contribution in [3.05, 3.63) is 33.0 Å². The first-order valence-electron chi connectivity index (χ1n) is 9.51. The molecule has 0 saturated carbocycles. The molecule has 1 aliphatic heterocycles. The lowest BCUT2D eigenvalue weighted by molar-refractivity contribution is 0.0557. The molecule has 0 aliphatic carbocycles. The largest absolute Gasteiger partial charge is 0.465 e. The Morgan fingerprint density at radius 2 is 2.17 bits per heavy atom. The summed E-state index contributed by atoms with van der Waals surface area (Å²) in [6, 6.07) is 5.38. The van der Waals surface area contributed by atoms with E-state index in [0.29, 0.717) is 36.4 Å². The maximum atomic E-state index is 12.5. The number of fused-ring (bicyclic) bond motifs is 3. The van der Waals surface area contributed by atoms with Crippen LogP contribution in [0.25, 0.3) is 22.1 Å². The molecule has 9 heteroatoms. The third kappa shape index (κ3) is 3.71. The number of amides is 1. The summed E-state index contributed by atoms with van der Waals surface area (Å²) in [5, 5.41) is 13.6. The van der Waals surface area contributed by atoms with Crippen molar-refractivity contribution >= 4 is 50.0 Å². The molecule has 4 rings (SSSR count). The summed E-state index contributed by atoms with van der Waals surface area (Å²) in [5.41, 5.74) is 0.747. The van der Waals surface area contributed by atoms with E-state index in [9.17, 15) is 14.7 Å². The average molecular weight is 463 g/mol. The summed E-state index contributed by atoms with van der Waals surface area (Å²) >= 11 is 3.44. The molecular formula is C20H23BrN4O4. The molecule has 3 N–H and O–H groups in total. The van der Waals surface area contributed by atoms with Crippen molar-refractivity contribution < 1.29 is 14.3 Å². The van der Waals surface area contributed by atoms with E-state index in [4.69, 9.17) is 4.42 Å². The number of carbonyl (C=O) groups is 1. The van der Waals surface area contributed by atoms with Gasteiger partial charge in [0.1, 0.15) is 11.1 Å². The Hall–Kier alpha value is -2.55. The normalized spacial score (nSPS) is 20.3. The van der Waals surface area contributed by atoms with Crippen molar-refractivity contribution in [1.29, 1.82) is 0 Å². The highest BCUT2D eigenvalue weighted by atomic mass is 79.9. The summed E-state index contributed by atoms with van der Waals surface area (Å²) in [6.45, 7) is 6.55. The van der Waals surface area contributed by atoms with Crippen LogP contribution in [0.1, 0.15) is 33.6 Å². The Bertz CT molecular complexity index is 1150. The predicted molar refractivity (Wildman–Crippen MR) is 114 cm³/mol. The molecule has 2 unspecified atom stereocenters.